The van der Waals surface area contributed by atoms with Crippen molar-refractivity contribution in [3.8, 4) is 5.75 Å². The van der Waals surface area contributed by atoms with E-state index in [1.165, 1.54) is 4.90 Å². The molecule has 0 aliphatic carbocycles. The molecule has 0 radical (unpaired) electrons. The number of rotatable bonds is 4. The molecule has 0 saturated carbocycles. The van der Waals surface area contributed by atoms with Crippen molar-refractivity contribution < 1.29 is 24.2 Å². The molecule has 0 bridgehead atoms. The maximum atomic E-state index is 12.5. The van der Waals surface area contributed by atoms with Gasteiger partial charge in [0.25, 0.3) is 0 Å². The van der Waals surface area contributed by atoms with Gasteiger partial charge in [-0.3, -0.25) is 4.90 Å². The van der Waals surface area contributed by atoms with E-state index < -0.39 is 23.7 Å². The number of nitrogens with zero attached hydrogens (tertiary/aromatic N) is 1. The molecular weight excluding hydrogens is 358 g/mol. The quantitative estimate of drug-likeness (QED) is 0.863. The minimum absolute atomic E-state index is 0.170. The third-order valence-electron chi connectivity index (χ3n) is 4.47. The van der Waals surface area contributed by atoms with E-state index in [1.54, 1.807) is 20.8 Å². The summed E-state index contributed by atoms with van der Waals surface area (Å²) in [5, 5.41) is 9.57. The molecular formula is C22H25NO5. The van der Waals surface area contributed by atoms with Crippen molar-refractivity contribution in [2.45, 2.75) is 52.0 Å². The summed E-state index contributed by atoms with van der Waals surface area (Å²) in [6, 6.07) is 14.5. The number of hydrogen-bond acceptors (Lipinski definition) is 4. The van der Waals surface area contributed by atoms with E-state index in [2.05, 4.69) is 0 Å². The van der Waals surface area contributed by atoms with Gasteiger partial charge in [-0.15, -0.1) is 0 Å². The number of carbonyl (C=O) groups excluding carboxylic acids is 1. The number of carboxylic acid groups (broad SMARTS) is 1. The normalized spacial score (nSPS) is 16.2. The first-order chi connectivity index (χ1) is 13.2. The number of benzene rings is 2. The van der Waals surface area contributed by atoms with Crippen LogP contribution in [0.4, 0.5) is 4.79 Å². The average molecular weight is 383 g/mol. The molecule has 1 aliphatic heterocycles. The number of fused-ring (bicyclic) bond motifs is 1. The molecule has 0 aromatic heterocycles. The van der Waals surface area contributed by atoms with Crippen LogP contribution in [0.2, 0.25) is 0 Å². The molecule has 6 nitrogen and oxygen atoms in total. The van der Waals surface area contributed by atoms with E-state index in [9.17, 15) is 14.7 Å². The van der Waals surface area contributed by atoms with Gasteiger partial charge in [0, 0.05) is 6.42 Å². The number of amides is 1. The molecule has 1 unspecified atom stereocenters. The largest absolute Gasteiger partial charge is 0.489 e. The number of ether oxygens (including phenoxy) is 2. The molecule has 6 heteroatoms. The smallest absolute Gasteiger partial charge is 0.411 e. The zero-order valence-electron chi connectivity index (χ0n) is 16.3. The Morgan fingerprint density at radius 2 is 1.82 bits per heavy atom. The average Bonchev–Trinajstić information content (AvgIpc) is 2.64. The van der Waals surface area contributed by atoms with Crippen LogP contribution in [-0.2, 0) is 29.1 Å². The molecule has 1 N–H and O–H groups in total. The first kappa shape index (κ1) is 19.7. The maximum absolute atomic E-state index is 12.5. The van der Waals surface area contributed by atoms with Gasteiger partial charge in [0.2, 0.25) is 0 Å². The van der Waals surface area contributed by atoms with Crippen molar-refractivity contribution in [2.24, 2.45) is 0 Å². The summed E-state index contributed by atoms with van der Waals surface area (Å²) in [7, 11) is 0. The third kappa shape index (κ3) is 4.82. The Morgan fingerprint density at radius 1 is 1.11 bits per heavy atom. The van der Waals surface area contributed by atoms with Crippen LogP contribution < -0.4 is 4.74 Å². The summed E-state index contributed by atoms with van der Waals surface area (Å²) in [5.74, 6) is -0.360. The number of hydrogen-bond donors (Lipinski definition) is 1. The van der Waals surface area contributed by atoms with Gasteiger partial charge in [-0.05, 0) is 49.6 Å². The van der Waals surface area contributed by atoms with E-state index in [0.717, 1.165) is 16.7 Å². The molecule has 1 heterocycles. The second-order valence-corrected chi connectivity index (χ2v) is 7.87. The minimum atomic E-state index is -1.04. The molecule has 0 spiro atoms. The van der Waals surface area contributed by atoms with E-state index in [1.807, 2.05) is 48.5 Å². The third-order valence-corrected chi connectivity index (χ3v) is 4.47. The highest BCUT2D eigenvalue weighted by molar-refractivity contribution is 5.81. The number of aliphatic carboxylic acids is 1. The number of carbonyl (C=O) groups is 2. The summed E-state index contributed by atoms with van der Waals surface area (Å²) in [4.78, 5) is 25.5. The molecule has 1 atom stereocenters. The van der Waals surface area contributed by atoms with E-state index in [0.29, 0.717) is 12.4 Å². The minimum Gasteiger partial charge on any atom is -0.489 e. The van der Waals surface area contributed by atoms with Gasteiger partial charge in [0.15, 0.2) is 0 Å². The maximum Gasteiger partial charge on any atom is 0.411 e. The van der Waals surface area contributed by atoms with Crippen molar-refractivity contribution in [3.05, 3.63) is 65.2 Å². The molecule has 148 valence electrons. The fraction of sp³-hybridized carbons (Fsp3) is 0.364. The lowest BCUT2D eigenvalue weighted by molar-refractivity contribution is -0.143. The Balaban J connectivity index is 1.78. The molecule has 28 heavy (non-hydrogen) atoms. The highest BCUT2D eigenvalue weighted by Crippen LogP contribution is 2.29. The Kier molecular flexibility index (Phi) is 5.58. The SMILES string of the molecule is CC(C)(C)OC(=O)N1Cc2cc(OCc3ccccc3)ccc2CC1C(=O)O. The van der Waals surface area contributed by atoms with Crippen LogP contribution in [0, 0.1) is 0 Å². The van der Waals surface area contributed by atoms with Crippen LogP contribution >= 0.6 is 0 Å². The van der Waals surface area contributed by atoms with Crippen molar-refractivity contribution in [3.63, 3.8) is 0 Å². The predicted molar refractivity (Wildman–Crippen MR) is 104 cm³/mol. The van der Waals surface area contributed by atoms with Crippen LogP contribution in [0.25, 0.3) is 0 Å². The fourth-order valence-corrected chi connectivity index (χ4v) is 3.12. The van der Waals surface area contributed by atoms with Gasteiger partial charge in [0.05, 0.1) is 6.54 Å². The lowest BCUT2D eigenvalue weighted by Gasteiger charge is -2.35. The van der Waals surface area contributed by atoms with E-state index >= 15 is 0 Å². The van der Waals surface area contributed by atoms with Crippen molar-refractivity contribution in [2.75, 3.05) is 0 Å². The van der Waals surface area contributed by atoms with Gasteiger partial charge in [-0.2, -0.15) is 0 Å². The lowest BCUT2D eigenvalue weighted by atomic mass is 9.94. The Hall–Kier alpha value is -3.02. The molecule has 0 saturated heterocycles. The van der Waals surface area contributed by atoms with Gasteiger partial charge in [-0.25, -0.2) is 9.59 Å². The van der Waals surface area contributed by atoms with E-state index in [-0.39, 0.29) is 13.0 Å². The Labute approximate surface area is 164 Å². The van der Waals surface area contributed by atoms with Gasteiger partial charge >= 0.3 is 12.1 Å². The van der Waals surface area contributed by atoms with Gasteiger partial charge in [-0.1, -0.05) is 36.4 Å². The Bertz CT molecular complexity index is 857. The fourth-order valence-electron chi connectivity index (χ4n) is 3.12. The van der Waals surface area contributed by atoms with Crippen LogP contribution in [-0.4, -0.2) is 33.7 Å². The molecule has 0 fully saturated rings. The standard InChI is InChI=1S/C22H25NO5/c1-22(2,3)28-21(26)23-13-17-11-18(27-14-15-7-5-4-6-8-15)10-9-16(17)12-19(23)20(24)25/h4-11,19H,12-14H2,1-3H3,(H,24,25). The first-order valence-electron chi connectivity index (χ1n) is 9.24. The van der Waals surface area contributed by atoms with Crippen molar-refractivity contribution in [1.29, 1.82) is 0 Å². The van der Waals surface area contributed by atoms with Crippen LogP contribution in [0.3, 0.4) is 0 Å². The molecule has 2 aromatic carbocycles. The summed E-state index contributed by atoms with van der Waals surface area (Å²) >= 11 is 0. The van der Waals surface area contributed by atoms with Crippen molar-refractivity contribution in [1.82, 2.24) is 4.90 Å². The van der Waals surface area contributed by atoms with E-state index in [4.69, 9.17) is 9.47 Å². The second kappa shape index (κ2) is 7.92. The first-order valence-corrected chi connectivity index (χ1v) is 9.24. The monoisotopic (exact) mass is 383 g/mol. The van der Waals surface area contributed by atoms with Crippen molar-refractivity contribution >= 4 is 12.1 Å². The topological polar surface area (TPSA) is 76.1 Å². The lowest BCUT2D eigenvalue weighted by Crippen LogP contribution is -2.50. The van der Waals surface area contributed by atoms with Crippen LogP contribution in [0.1, 0.15) is 37.5 Å². The predicted octanol–water partition coefficient (Wildman–Crippen LogP) is 4.01. The molecule has 2 aromatic rings. The second-order valence-electron chi connectivity index (χ2n) is 7.87. The van der Waals surface area contributed by atoms with Gasteiger partial charge in [0.1, 0.15) is 24.0 Å². The summed E-state index contributed by atoms with van der Waals surface area (Å²) in [6.45, 7) is 5.88. The summed E-state index contributed by atoms with van der Waals surface area (Å²) < 4.78 is 11.3. The summed E-state index contributed by atoms with van der Waals surface area (Å²) in [5.41, 5.74) is 2.14. The van der Waals surface area contributed by atoms with Crippen LogP contribution in [0.5, 0.6) is 5.75 Å². The number of carboxylic acids is 1. The summed E-state index contributed by atoms with van der Waals surface area (Å²) in [6.07, 6.45) is -0.385. The highest BCUT2D eigenvalue weighted by atomic mass is 16.6. The molecule has 3 rings (SSSR count). The van der Waals surface area contributed by atoms with Gasteiger partial charge < -0.3 is 14.6 Å². The molecule has 1 aliphatic rings. The zero-order valence-corrected chi connectivity index (χ0v) is 16.3. The Morgan fingerprint density at radius 3 is 2.46 bits per heavy atom. The molecule has 1 amide bonds. The highest BCUT2D eigenvalue weighted by Gasteiger charge is 2.37. The zero-order chi connectivity index (χ0) is 20.3. The van der Waals surface area contributed by atoms with Crippen LogP contribution in [0.15, 0.2) is 48.5 Å².